The van der Waals surface area contributed by atoms with E-state index in [0.717, 1.165) is 16.5 Å². The Hall–Kier alpha value is -1.87. The van der Waals surface area contributed by atoms with Gasteiger partial charge in [-0.25, -0.2) is 0 Å². The molecular weight excluding hydrogens is 250 g/mol. The van der Waals surface area contributed by atoms with Gasteiger partial charge in [-0.15, -0.1) is 0 Å². The van der Waals surface area contributed by atoms with E-state index in [-0.39, 0.29) is 12.4 Å². The predicted molar refractivity (Wildman–Crippen MR) is 72.4 cm³/mol. The van der Waals surface area contributed by atoms with Gasteiger partial charge in [0.25, 0.3) is 0 Å². The van der Waals surface area contributed by atoms with Crippen LogP contribution in [0.3, 0.4) is 0 Å². The normalized spacial score (nSPS) is 11.0. The molecule has 0 aliphatic rings. The number of hydrogen-bond donors (Lipinski definition) is 0. The van der Waals surface area contributed by atoms with E-state index in [2.05, 4.69) is 9.72 Å². The smallest absolute Gasteiger partial charge is 0.309 e. The summed E-state index contributed by atoms with van der Waals surface area (Å²) in [5, 5.41) is 1.61. The molecule has 1 aromatic heterocycles. The van der Waals surface area contributed by atoms with E-state index >= 15 is 0 Å². The Labute approximate surface area is 110 Å². The predicted octanol–water partition coefficient (Wildman–Crippen LogP) is 3.46. The van der Waals surface area contributed by atoms with Gasteiger partial charge in [0.2, 0.25) is 0 Å². The Bertz CT molecular complexity index is 608. The summed E-state index contributed by atoms with van der Waals surface area (Å²) < 4.78 is 4.55. The van der Waals surface area contributed by atoms with E-state index < -0.39 is 0 Å². The number of esters is 1. The van der Waals surface area contributed by atoms with Crippen molar-refractivity contribution in [3.63, 3.8) is 0 Å². The van der Waals surface area contributed by atoms with Crippen LogP contribution in [0.4, 0.5) is 0 Å². The van der Waals surface area contributed by atoms with Gasteiger partial charge in [0.05, 0.1) is 24.1 Å². The number of methoxy groups -OCH3 is 1. The topological polar surface area (TPSA) is 39.2 Å². The number of fused-ring (bicyclic) bond motifs is 1. The lowest BCUT2D eigenvalue weighted by molar-refractivity contribution is -0.139. The lowest BCUT2D eigenvalue weighted by Crippen LogP contribution is -1.96. The molecule has 0 atom stereocenters. The number of rotatable bonds is 3. The minimum absolute atomic E-state index is 0.256. The third kappa shape index (κ3) is 2.87. The SMILES string of the molecule is COC(=O)CC=Cc1ccc2c(Cl)ccnc2c1. The molecule has 0 N–H and O–H groups in total. The summed E-state index contributed by atoms with van der Waals surface area (Å²) in [6.45, 7) is 0. The Morgan fingerprint density at radius 3 is 3.06 bits per heavy atom. The number of nitrogens with zero attached hydrogens (tertiary/aromatic N) is 1. The Morgan fingerprint density at radius 1 is 1.44 bits per heavy atom. The maximum Gasteiger partial charge on any atom is 0.309 e. The van der Waals surface area contributed by atoms with Gasteiger partial charge in [-0.2, -0.15) is 0 Å². The average Bonchev–Trinajstić information content (AvgIpc) is 2.38. The van der Waals surface area contributed by atoms with E-state index in [0.29, 0.717) is 5.02 Å². The van der Waals surface area contributed by atoms with Gasteiger partial charge in [-0.3, -0.25) is 9.78 Å². The molecule has 0 amide bonds. The van der Waals surface area contributed by atoms with Crippen LogP contribution in [0.2, 0.25) is 5.02 Å². The third-order valence-electron chi connectivity index (χ3n) is 2.54. The molecule has 18 heavy (non-hydrogen) atoms. The molecule has 0 saturated heterocycles. The van der Waals surface area contributed by atoms with Crippen LogP contribution in [-0.4, -0.2) is 18.1 Å². The molecule has 0 fully saturated rings. The minimum atomic E-state index is -0.256. The largest absolute Gasteiger partial charge is 0.469 e. The second-order valence-corrected chi connectivity index (χ2v) is 4.16. The van der Waals surface area contributed by atoms with Gasteiger partial charge >= 0.3 is 5.97 Å². The van der Waals surface area contributed by atoms with Crippen LogP contribution in [-0.2, 0) is 9.53 Å². The monoisotopic (exact) mass is 261 g/mol. The molecule has 0 unspecified atom stereocenters. The molecular formula is C14H12ClNO2. The lowest BCUT2D eigenvalue weighted by atomic mass is 10.1. The highest BCUT2D eigenvalue weighted by Crippen LogP contribution is 2.22. The molecule has 0 saturated carbocycles. The summed E-state index contributed by atoms with van der Waals surface area (Å²) in [4.78, 5) is 15.2. The molecule has 0 aliphatic heterocycles. The van der Waals surface area contributed by atoms with Crippen molar-refractivity contribution < 1.29 is 9.53 Å². The van der Waals surface area contributed by atoms with Crippen LogP contribution in [0.15, 0.2) is 36.5 Å². The number of carbonyl (C=O) groups is 1. The highest BCUT2D eigenvalue weighted by molar-refractivity contribution is 6.35. The first kappa shape index (κ1) is 12.6. The van der Waals surface area contributed by atoms with Crippen LogP contribution in [0.1, 0.15) is 12.0 Å². The van der Waals surface area contributed by atoms with Crippen LogP contribution >= 0.6 is 11.6 Å². The van der Waals surface area contributed by atoms with Crippen molar-refractivity contribution in [3.05, 3.63) is 47.1 Å². The average molecular weight is 262 g/mol. The van der Waals surface area contributed by atoms with Gasteiger partial charge < -0.3 is 4.74 Å². The van der Waals surface area contributed by atoms with E-state index in [9.17, 15) is 4.79 Å². The number of pyridine rings is 1. The Kier molecular flexibility index (Phi) is 3.95. The Morgan fingerprint density at radius 2 is 2.28 bits per heavy atom. The fraction of sp³-hybridized carbons (Fsp3) is 0.143. The quantitative estimate of drug-likeness (QED) is 0.794. The molecule has 1 aromatic carbocycles. The summed E-state index contributed by atoms with van der Waals surface area (Å²) in [5.41, 5.74) is 1.81. The number of halogens is 1. The molecule has 2 aromatic rings. The van der Waals surface area contributed by atoms with Crippen LogP contribution < -0.4 is 0 Å². The van der Waals surface area contributed by atoms with Crippen LogP contribution in [0, 0.1) is 0 Å². The fourth-order valence-corrected chi connectivity index (χ4v) is 1.82. The second kappa shape index (κ2) is 5.65. The molecule has 3 nitrogen and oxygen atoms in total. The van der Waals surface area contributed by atoms with Crippen molar-refractivity contribution in [3.8, 4) is 0 Å². The summed E-state index contributed by atoms with van der Waals surface area (Å²) in [6, 6.07) is 7.54. The first-order valence-corrected chi connectivity index (χ1v) is 5.86. The molecule has 92 valence electrons. The first-order valence-electron chi connectivity index (χ1n) is 5.48. The molecule has 0 radical (unpaired) electrons. The number of hydrogen-bond acceptors (Lipinski definition) is 3. The number of ether oxygens (including phenoxy) is 1. The zero-order valence-corrected chi connectivity index (χ0v) is 10.6. The van der Waals surface area contributed by atoms with E-state index in [1.54, 1.807) is 18.3 Å². The minimum Gasteiger partial charge on any atom is -0.469 e. The molecule has 0 spiro atoms. The van der Waals surface area contributed by atoms with E-state index in [1.807, 2.05) is 24.3 Å². The van der Waals surface area contributed by atoms with Gasteiger partial charge in [-0.05, 0) is 17.7 Å². The van der Waals surface area contributed by atoms with Crippen molar-refractivity contribution >= 4 is 34.5 Å². The molecule has 4 heteroatoms. The summed E-state index contributed by atoms with van der Waals surface area (Å²) >= 11 is 6.05. The van der Waals surface area contributed by atoms with Crippen LogP contribution in [0.25, 0.3) is 17.0 Å². The van der Waals surface area contributed by atoms with E-state index in [1.165, 1.54) is 7.11 Å². The summed E-state index contributed by atoms with van der Waals surface area (Å²) in [7, 11) is 1.37. The van der Waals surface area contributed by atoms with Crippen molar-refractivity contribution in [2.45, 2.75) is 6.42 Å². The van der Waals surface area contributed by atoms with Gasteiger partial charge in [0.15, 0.2) is 0 Å². The molecule has 1 heterocycles. The third-order valence-corrected chi connectivity index (χ3v) is 2.87. The fourth-order valence-electron chi connectivity index (χ4n) is 1.61. The highest BCUT2D eigenvalue weighted by Gasteiger charge is 2.00. The van der Waals surface area contributed by atoms with Gasteiger partial charge in [0, 0.05) is 11.6 Å². The van der Waals surface area contributed by atoms with E-state index in [4.69, 9.17) is 11.6 Å². The van der Waals surface area contributed by atoms with Crippen LogP contribution in [0.5, 0.6) is 0 Å². The molecule has 0 aliphatic carbocycles. The number of benzene rings is 1. The van der Waals surface area contributed by atoms with Crippen molar-refractivity contribution in [1.82, 2.24) is 4.98 Å². The van der Waals surface area contributed by atoms with Crippen molar-refractivity contribution in [2.24, 2.45) is 0 Å². The maximum absolute atomic E-state index is 11.0. The van der Waals surface area contributed by atoms with Gasteiger partial charge in [0.1, 0.15) is 0 Å². The lowest BCUT2D eigenvalue weighted by Gasteiger charge is -2.00. The maximum atomic E-state index is 11.0. The molecule has 0 bridgehead atoms. The highest BCUT2D eigenvalue weighted by atomic mass is 35.5. The zero-order valence-electron chi connectivity index (χ0n) is 9.89. The van der Waals surface area contributed by atoms with Crippen molar-refractivity contribution in [2.75, 3.05) is 7.11 Å². The second-order valence-electron chi connectivity index (χ2n) is 3.75. The zero-order chi connectivity index (χ0) is 13.0. The number of carbonyl (C=O) groups excluding carboxylic acids is 1. The summed E-state index contributed by atoms with van der Waals surface area (Å²) in [6.07, 6.45) is 5.56. The first-order chi connectivity index (χ1) is 8.70. The molecule has 2 rings (SSSR count). The van der Waals surface area contributed by atoms with Crippen molar-refractivity contribution in [1.29, 1.82) is 0 Å². The Balaban J connectivity index is 2.23. The van der Waals surface area contributed by atoms with Gasteiger partial charge in [-0.1, -0.05) is 35.9 Å². The summed E-state index contributed by atoms with van der Waals surface area (Å²) in [5.74, 6) is -0.256. The standard InChI is InChI=1S/C14H12ClNO2/c1-18-14(17)4-2-3-10-5-6-11-12(15)7-8-16-13(11)9-10/h2-3,5-9H,4H2,1H3. The number of aromatic nitrogens is 1.